The fraction of sp³-hybridized carbons (Fsp3) is 0.929. The standard InChI is InChI=1S/C14H29N3O3S/c1-11-5-7-14(8-6-11,12(15)16-18)17-21(19,20)10-9-13(2,3)4/h11,17-18H,5-10H2,1-4H3,(H2,15,16). The summed E-state index contributed by atoms with van der Waals surface area (Å²) < 4.78 is 27.4. The molecule has 0 aromatic heterocycles. The molecule has 0 unspecified atom stereocenters. The summed E-state index contributed by atoms with van der Waals surface area (Å²) in [5.41, 5.74) is 4.80. The number of oxime groups is 1. The van der Waals surface area contributed by atoms with Crippen LogP contribution in [0, 0.1) is 11.3 Å². The molecule has 0 amide bonds. The van der Waals surface area contributed by atoms with E-state index in [1.165, 1.54) is 0 Å². The highest BCUT2D eigenvalue weighted by Crippen LogP contribution is 2.33. The Labute approximate surface area is 128 Å². The molecule has 1 fully saturated rings. The number of rotatable bonds is 5. The first-order chi connectivity index (χ1) is 9.50. The highest BCUT2D eigenvalue weighted by Gasteiger charge is 2.41. The number of sulfonamides is 1. The molecule has 0 aromatic rings. The molecular formula is C14H29N3O3S. The van der Waals surface area contributed by atoms with Crippen LogP contribution in [0.15, 0.2) is 5.16 Å². The molecule has 0 radical (unpaired) electrons. The third-order valence-corrected chi connectivity index (χ3v) is 5.64. The van der Waals surface area contributed by atoms with E-state index >= 15 is 0 Å². The second-order valence-electron chi connectivity index (χ2n) is 7.48. The molecule has 6 nitrogen and oxygen atoms in total. The fourth-order valence-electron chi connectivity index (χ4n) is 2.55. The third-order valence-electron chi connectivity index (χ3n) is 4.20. The van der Waals surface area contributed by atoms with Crippen LogP contribution in [0.2, 0.25) is 0 Å². The molecule has 7 heteroatoms. The molecule has 0 aliphatic heterocycles. The van der Waals surface area contributed by atoms with Gasteiger partial charge in [-0.15, -0.1) is 0 Å². The molecule has 0 saturated heterocycles. The summed E-state index contributed by atoms with van der Waals surface area (Å²) in [6, 6.07) is 0. The van der Waals surface area contributed by atoms with Gasteiger partial charge >= 0.3 is 0 Å². The van der Waals surface area contributed by atoms with Gasteiger partial charge in [-0.25, -0.2) is 13.1 Å². The van der Waals surface area contributed by atoms with Gasteiger partial charge in [0.1, 0.15) is 0 Å². The molecule has 1 aliphatic rings. The number of amidine groups is 1. The van der Waals surface area contributed by atoms with E-state index in [2.05, 4.69) is 16.8 Å². The maximum Gasteiger partial charge on any atom is 0.212 e. The summed E-state index contributed by atoms with van der Waals surface area (Å²) in [5, 5.41) is 12.1. The van der Waals surface area contributed by atoms with Crippen molar-refractivity contribution < 1.29 is 13.6 Å². The Morgan fingerprint density at radius 2 is 1.90 bits per heavy atom. The predicted molar refractivity (Wildman–Crippen MR) is 84.8 cm³/mol. The minimum absolute atomic E-state index is 0.0336. The van der Waals surface area contributed by atoms with E-state index in [0.717, 1.165) is 12.8 Å². The van der Waals surface area contributed by atoms with E-state index in [9.17, 15) is 8.42 Å². The van der Waals surface area contributed by atoms with Crippen molar-refractivity contribution in [3.63, 3.8) is 0 Å². The zero-order valence-corrected chi connectivity index (χ0v) is 14.3. The minimum atomic E-state index is -3.47. The molecule has 4 N–H and O–H groups in total. The number of hydrogen-bond donors (Lipinski definition) is 3. The van der Waals surface area contributed by atoms with Gasteiger partial charge in [-0.2, -0.15) is 0 Å². The number of nitrogens with two attached hydrogens (primary N) is 1. The Bertz CT molecular complexity index is 472. The van der Waals surface area contributed by atoms with Crippen molar-refractivity contribution in [3.8, 4) is 0 Å². The van der Waals surface area contributed by atoms with E-state index in [4.69, 9.17) is 10.9 Å². The second kappa shape index (κ2) is 6.52. The summed E-state index contributed by atoms with van der Waals surface area (Å²) in [5.74, 6) is 0.546. The Balaban J connectivity index is 2.87. The van der Waals surface area contributed by atoms with Gasteiger partial charge in [-0.05, 0) is 43.4 Å². The molecule has 124 valence electrons. The van der Waals surface area contributed by atoms with Crippen LogP contribution in [0.5, 0.6) is 0 Å². The molecule has 0 atom stereocenters. The van der Waals surface area contributed by atoms with Crippen LogP contribution in [0.3, 0.4) is 0 Å². The van der Waals surface area contributed by atoms with Crippen molar-refractivity contribution in [3.05, 3.63) is 0 Å². The molecule has 0 heterocycles. The van der Waals surface area contributed by atoms with Crippen LogP contribution in [0.1, 0.15) is 59.8 Å². The zero-order chi connectivity index (χ0) is 16.3. The third kappa shape index (κ3) is 5.47. The smallest absolute Gasteiger partial charge is 0.212 e. The van der Waals surface area contributed by atoms with Gasteiger partial charge in [0.2, 0.25) is 10.0 Å². The van der Waals surface area contributed by atoms with E-state index in [1.54, 1.807) is 0 Å². The topological polar surface area (TPSA) is 105 Å². The van der Waals surface area contributed by atoms with Crippen molar-refractivity contribution in [1.82, 2.24) is 4.72 Å². The lowest BCUT2D eigenvalue weighted by molar-refractivity contribution is 0.266. The van der Waals surface area contributed by atoms with Gasteiger partial charge in [0.05, 0.1) is 11.3 Å². The Hall–Kier alpha value is -0.820. The van der Waals surface area contributed by atoms with Crippen LogP contribution in [-0.4, -0.2) is 30.8 Å². The molecule has 1 rings (SSSR count). The molecule has 0 aromatic carbocycles. The van der Waals surface area contributed by atoms with Gasteiger partial charge < -0.3 is 10.9 Å². The summed E-state index contributed by atoms with van der Waals surface area (Å²) in [4.78, 5) is 0. The lowest BCUT2D eigenvalue weighted by Crippen LogP contribution is -2.59. The molecule has 21 heavy (non-hydrogen) atoms. The summed E-state index contributed by atoms with van der Waals surface area (Å²) in [6.07, 6.45) is 3.42. The van der Waals surface area contributed by atoms with Crippen LogP contribution >= 0.6 is 0 Å². The Kier molecular flexibility index (Phi) is 5.66. The number of nitrogens with zero attached hydrogens (tertiary/aromatic N) is 1. The van der Waals surface area contributed by atoms with Crippen molar-refractivity contribution >= 4 is 15.9 Å². The minimum Gasteiger partial charge on any atom is -0.409 e. The average Bonchev–Trinajstić information content (AvgIpc) is 2.38. The van der Waals surface area contributed by atoms with Crippen molar-refractivity contribution in [1.29, 1.82) is 0 Å². The van der Waals surface area contributed by atoms with Gasteiger partial charge in [-0.1, -0.05) is 32.9 Å². The fourth-order valence-corrected chi connectivity index (χ4v) is 4.44. The molecule has 1 saturated carbocycles. The first-order valence-corrected chi connectivity index (χ1v) is 9.15. The van der Waals surface area contributed by atoms with Crippen LogP contribution in [-0.2, 0) is 10.0 Å². The van der Waals surface area contributed by atoms with Gasteiger partial charge in [0, 0.05) is 0 Å². The van der Waals surface area contributed by atoms with E-state index in [0.29, 0.717) is 25.2 Å². The Morgan fingerprint density at radius 1 is 1.38 bits per heavy atom. The summed E-state index contributed by atoms with van der Waals surface area (Å²) in [7, 11) is -3.47. The average molecular weight is 319 g/mol. The van der Waals surface area contributed by atoms with E-state index < -0.39 is 15.6 Å². The van der Waals surface area contributed by atoms with Gasteiger partial charge in [0.25, 0.3) is 0 Å². The SMILES string of the molecule is CC1CCC(NS(=O)(=O)CCC(C)(C)C)(C(N)=NO)CC1. The molecule has 0 spiro atoms. The molecular weight excluding hydrogens is 290 g/mol. The van der Waals surface area contributed by atoms with Crippen LogP contribution in [0.4, 0.5) is 0 Å². The first-order valence-electron chi connectivity index (χ1n) is 7.49. The Morgan fingerprint density at radius 3 is 2.33 bits per heavy atom. The highest BCUT2D eigenvalue weighted by molar-refractivity contribution is 7.89. The second-order valence-corrected chi connectivity index (χ2v) is 9.32. The summed E-state index contributed by atoms with van der Waals surface area (Å²) in [6.45, 7) is 8.14. The van der Waals surface area contributed by atoms with E-state index in [1.807, 2.05) is 20.8 Å². The monoisotopic (exact) mass is 319 g/mol. The predicted octanol–water partition coefficient (Wildman–Crippen LogP) is 2.04. The van der Waals surface area contributed by atoms with Crippen LogP contribution in [0.25, 0.3) is 0 Å². The first kappa shape index (κ1) is 18.2. The van der Waals surface area contributed by atoms with Crippen LogP contribution < -0.4 is 10.5 Å². The largest absolute Gasteiger partial charge is 0.409 e. The van der Waals surface area contributed by atoms with Crippen molar-refractivity contribution in [2.24, 2.45) is 22.2 Å². The maximum absolute atomic E-state index is 12.3. The highest BCUT2D eigenvalue weighted by atomic mass is 32.2. The molecule has 0 bridgehead atoms. The molecule has 1 aliphatic carbocycles. The van der Waals surface area contributed by atoms with E-state index in [-0.39, 0.29) is 17.0 Å². The number of nitrogens with one attached hydrogen (secondary N) is 1. The zero-order valence-electron chi connectivity index (χ0n) is 13.5. The lowest BCUT2D eigenvalue weighted by Gasteiger charge is -2.38. The lowest BCUT2D eigenvalue weighted by atomic mass is 9.77. The van der Waals surface area contributed by atoms with Gasteiger partial charge in [-0.3, -0.25) is 0 Å². The van der Waals surface area contributed by atoms with Crippen molar-refractivity contribution in [2.45, 2.75) is 65.3 Å². The van der Waals surface area contributed by atoms with Crippen molar-refractivity contribution in [2.75, 3.05) is 5.75 Å². The number of hydrogen-bond acceptors (Lipinski definition) is 4. The quantitative estimate of drug-likeness (QED) is 0.312. The maximum atomic E-state index is 12.3. The van der Waals surface area contributed by atoms with Gasteiger partial charge in [0.15, 0.2) is 5.84 Å². The summed E-state index contributed by atoms with van der Waals surface area (Å²) >= 11 is 0. The normalized spacial score (nSPS) is 28.6.